The zero-order chi connectivity index (χ0) is 10.6. The van der Waals surface area contributed by atoms with Gasteiger partial charge in [-0.05, 0) is 0 Å². The number of hydrogen-bond donors (Lipinski definition) is 0. The summed E-state index contributed by atoms with van der Waals surface area (Å²) in [6, 6.07) is 0. The summed E-state index contributed by atoms with van der Waals surface area (Å²) in [5.41, 5.74) is 0. The molecule has 0 saturated carbocycles. The summed E-state index contributed by atoms with van der Waals surface area (Å²) in [4.78, 5) is 0. The molecule has 13 heteroatoms. The van der Waals surface area contributed by atoms with Crippen LogP contribution in [-0.4, -0.2) is 7.11 Å². The van der Waals surface area contributed by atoms with Crippen molar-refractivity contribution in [2.24, 2.45) is 0 Å². The van der Waals surface area contributed by atoms with Crippen molar-refractivity contribution in [2.45, 2.75) is 0 Å². The summed E-state index contributed by atoms with van der Waals surface area (Å²) in [6.07, 6.45) is 0. The third-order valence-electron chi connectivity index (χ3n) is 0.565. The minimum absolute atomic E-state index is 0.482. The summed E-state index contributed by atoms with van der Waals surface area (Å²) in [5.74, 6) is 0. The molecule has 0 aromatic carbocycles. The predicted molar refractivity (Wildman–Crippen MR) is 91.4 cm³/mol. The molecule has 14 heavy (non-hydrogen) atoms. The van der Waals surface area contributed by atoms with Crippen LogP contribution >= 0.6 is 91.8 Å². The fraction of sp³-hybridized carbons (Fsp3) is 1.00. The first-order valence-corrected chi connectivity index (χ1v) is 21.0. The Labute approximate surface area is 103 Å². The maximum absolute atomic E-state index is 5.10. The first-order chi connectivity index (χ1) is 6.81. The molecule has 0 rings (SSSR count). The van der Waals surface area contributed by atoms with Crippen LogP contribution in [0.25, 0.3) is 0 Å². The molecule has 0 N–H and O–H groups in total. The summed E-state index contributed by atoms with van der Waals surface area (Å²) in [5, 5.41) is 0. The number of hydrogen-bond acceptors (Lipinski definition) is 1. The van der Waals surface area contributed by atoms with Crippen LogP contribution in [0, 0.1) is 0 Å². The van der Waals surface area contributed by atoms with Gasteiger partial charge in [0.2, 0.25) is 0 Å². The Hall–Kier alpha value is 3.69. The Morgan fingerprint density at radius 2 is 1.50 bits per heavy atom. The van der Waals surface area contributed by atoms with E-state index in [1.807, 2.05) is 0 Å². The van der Waals surface area contributed by atoms with Gasteiger partial charge >= 0.3 is 103 Å². The maximum atomic E-state index is 5.10. The number of rotatable bonds is 4. The van der Waals surface area contributed by atoms with E-state index in [0.717, 1.165) is 0 Å². The zero-order valence-electron chi connectivity index (χ0n) is 6.83. The second-order valence-corrected chi connectivity index (χ2v) is 26.5. The summed E-state index contributed by atoms with van der Waals surface area (Å²) in [6.45, 7) is -0.482. The van der Waals surface area contributed by atoms with Gasteiger partial charge in [0.1, 0.15) is 0 Å². The first kappa shape index (κ1) is 17.7. The molecule has 74 valence electrons. The van der Waals surface area contributed by atoms with Gasteiger partial charge in [0.05, 0.1) is 0 Å². The van der Waals surface area contributed by atoms with Crippen molar-refractivity contribution < 1.29 is 4.52 Å². The second kappa shape index (κ2) is 14.7. The minimum atomic E-state index is -0.482. The molecule has 0 aromatic heterocycles. The molecule has 0 spiro atoms. The van der Waals surface area contributed by atoms with Gasteiger partial charge in [-0.15, -0.1) is 0 Å². The van der Waals surface area contributed by atoms with E-state index in [4.69, 9.17) is 4.52 Å². The molecule has 0 amide bonds. The van der Waals surface area contributed by atoms with Gasteiger partial charge in [0, 0.05) is 0 Å². The van der Waals surface area contributed by atoms with E-state index < -0.39 is 6.94 Å². The SMILES string of the molecule is COP(#P)P=PP=PP=PP=PP=P. The van der Waals surface area contributed by atoms with Crippen molar-refractivity contribution >= 4 is 91.8 Å². The van der Waals surface area contributed by atoms with Crippen LogP contribution in [0.4, 0.5) is 0 Å². The van der Waals surface area contributed by atoms with Crippen molar-refractivity contribution in [3.8, 4) is 0 Å². The average molecular weight is 404 g/mol. The monoisotopic (exact) mass is 404 g/mol. The van der Waals surface area contributed by atoms with Crippen LogP contribution < -0.4 is 0 Å². The van der Waals surface area contributed by atoms with Gasteiger partial charge in [0.15, 0.2) is 0 Å². The van der Waals surface area contributed by atoms with Gasteiger partial charge in [-0.2, -0.15) is 0 Å². The van der Waals surface area contributed by atoms with Crippen molar-refractivity contribution in [3.63, 3.8) is 0 Å². The molecule has 0 aliphatic heterocycles. The van der Waals surface area contributed by atoms with E-state index in [1.54, 1.807) is 7.11 Å². The molecular weight excluding hydrogens is 400 g/mol. The first-order valence-electron chi connectivity index (χ1n) is 2.81. The average Bonchev–Trinajstić information content (AvgIpc) is 2.21. The van der Waals surface area contributed by atoms with Crippen LogP contribution in [-0.2, 0) is 4.52 Å². The van der Waals surface area contributed by atoms with E-state index in [2.05, 4.69) is 16.9 Å². The van der Waals surface area contributed by atoms with Crippen LogP contribution in [0.1, 0.15) is 0 Å². The van der Waals surface area contributed by atoms with Gasteiger partial charge in [-0.25, -0.2) is 0 Å². The van der Waals surface area contributed by atoms with Crippen LogP contribution in [0.2, 0.25) is 0 Å². The third-order valence-corrected chi connectivity index (χ3v) is 32.0. The topological polar surface area (TPSA) is 9.23 Å². The van der Waals surface area contributed by atoms with Gasteiger partial charge < -0.3 is 0 Å². The van der Waals surface area contributed by atoms with Crippen LogP contribution in [0.15, 0.2) is 0 Å². The molecule has 1 nitrogen and oxygen atoms in total. The molecule has 0 heterocycles. The molecular formula is CH4OP12. The van der Waals surface area contributed by atoms with E-state index in [9.17, 15) is 0 Å². The third kappa shape index (κ3) is 13.8. The van der Waals surface area contributed by atoms with Gasteiger partial charge in [0.25, 0.3) is 0 Å². The Morgan fingerprint density at radius 3 is 2.00 bits per heavy atom. The van der Waals surface area contributed by atoms with Crippen molar-refractivity contribution in [1.82, 2.24) is 0 Å². The van der Waals surface area contributed by atoms with E-state index in [1.165, 1.54) is 68.0 Å². The molecule has 0 fully saturated rings. The van der Waals surface area contributed by atoms with Gasteiger partial charge in [-0.3, -0.25) is 0 Å². The summed E-state index contributed by atoms with van der Waals surface area (Å²) >= 11 is 0. The molecule has 1 atom stereocenters. The predicted octanol–water partition coefficient (Wildman–Crippen LogP) is 10.2. The van der Waals surface area contributed by atoms with Crippen molar-refractivity contribution in [2.75, 3.05) is 7.11 Å². The molecule has 0 radical (unpaired) electrons. The van der Waals surface area contributed by atoms with Crippen LogP contribution in [0.5, 0.6) is 0 Å². The Morgan fingerprint density at radius 1 is 1.00 bits per heavy atom. The standard InChI is InChI=1S/CH4OP12/c1-2-14(4)13-12-11-10-9-8-7-6-5-3/h3H,1H3. The van der Waals surface area contributed by atoms with Crippen molar-refractivity contribution in [3.05, 3.63) is 0 Å². The van der Waals surface area contributed by atoms with Crippen molar-refractivity contribution in [1.29, 1.82) is 0 Å². The zero-order valence-corrected chi connectivity index (χ0v) is 17.7. The van der Waals surface area contributed by atoms with Crippen LogP contribution in [0.3, 0.4) is 0 Å². The second-order valence-electron chi connectivity index (χ2n) is 1.25. The fourth-order valence-corrected chi connectivity index (χ4v) is 37.6. The van der Waals surface area contributed by atoms with E-state index in [-0.39, 0.29) is 0 Å². The fourth-order valence-electron chi connectivity index (χ4n) is 0.198. The van der Waals surface area contributed by atoms with E-state index in [0.29, 0.717) is 0 Å². The molecule has 0 aliphatic carbocycles. The van der Waals surface area contributed by atoms with Gasteiger partial charge in [-0.1, -0.05) is 0 Å². The Kier molecular flexibility index (Phi) is 18.6. The molecule has 1 unspecified atom stereocenters. The Balaban J connectivity index is 3.80. The normalized spacial score (nSPS) is 14.1. The summed E-state index contributed by atoms with van der Waals surface area (Å²) in [7, 11) is 22.5. The quantitative estimate of drug-likeness (QED) is 0.424. The molecule has 0 aliphatic rings. The molecule has 0 aromatic rings. The summed E-state index contributed by atoms with van der Waals surface area (Å²) < 4.78 is 5.10. The molecule has 0 saturated heterocycles. The molecule has 0 bridgehead atoms. The Bertz CT molecular complexity index is 324. The van der Waals surface area contributed by atoms with E-state index >= 15 is 0 Å².